The highest BCUT2D eigenvalue weighted by Crippen LogP contribution is 2.68. The lowest BCUT2D eigenvalue weighted by Crippen LogP contribution is -2.50. The van der Waals surface area contributed by atoms with Gasteiger partial charge in [0.05, 0.1) is 6.54 Å². The Morgan fingerprint density at radius 1 is 1.05 bits per heavy atom. The molecule has 0 aromatic rings. The molecule has 1 amide bonds. The van der Waals surface area contributed by atoms with Crippen LogP contribution in [0.4, 0.5) is 0 Å². The van der Waals surface area contributed by atoms with Crippen LogP contribution >= 0.6 is 0 Å². The Morgan fingerprint density at radius 3 is 1.89 bits per heavy atom. The fourth-order valence-corrected chi connectivity index (χ4v) is 3.31. The third-order valence-electron chi connectivity index (χ3n) is 5.31. The second kappa shape index (κ2) is 4.47. The molecule has 5 heteroatoms. The molecular weight excluding hydrogens is 244 g/mol. The number of piperazine rings is 1. The Balaban J connectivity index is 1.89. The summed E-state index contributed by atoms with van der Waals surface area (Å²) in [6, 6.07) is 0. The summed E-state index contributed by atoms with van der Waals surface area (Å²) in [6.07, 6.45) is 0. The number of hydrogen-bond acceptors (Lipinski definition) is 3. The molecule has 2 aliphatic rings. The third kappa shape index (κ3) is 2.36. The zero-order valence-electron chi connectivity index (χ0n) is 12.3. The number of hydrogen-bond donors (Lipinski definition) is 1. The molecule has 1 N–H and O–H groups in total. The van der Waals surface area contributed by atoms with Gasteiger partial charge in [0.2, 0.25) is 5.91 Å². The molecule has 0 unspecified atom stereocenters. The number of aliphatic carboxylic acids is 1. The summed E-state index contributed by atoms with van der Waals surface area (Å²) in [5.74, 6) is -0.458. The van der Waals surface area contributed by atoms with Gasteiger partial charge in [0.1, 0.15) is 0 Å². The van der Waals surface area contributed by atoms with Crippen LogP contribution in [0, 0.1) is 16.7 Å². The van der Waals surface area contributed by atoms with E-state index in [0.717, 1.165) is 0 Å². The molecule has 0 bridgehead atoms. The predicted molar refractivity (Wildman–Crippen MR) is 71.7 cm³/mol. The van der Waals surface area contributed by atoms with Crippen LogP contribution in [-0.4, -0.2) is 59.5 Å². The minimum absolute atomic E-state index is 0.0717. The van der Waals surface area contributed by atoms with Crippen LogP contribution in [0.15, 0.2) is 0 Å². The average molecular weight is 268 g/mol. The highest BCUT2D eigenvalue weighted by molar-refractivity contribution is 5.84. The van der Waals surface area contributed by atoms with Crippen molar-refractivity contribution in [3.63, 3.8) is 0 Å². The quantitative estimate of drug-likeness (QED) is 0.826. The van der Waals surface area contributed by atoms with E-state index in [1.165, 1.54) is 0 Å². The maximum atomic E-state index is 12.5. The van der Waals surface area contributed by atoms with E-state index in [1.54, 1.807) is 0 Å². The summed E-state index contributed by atoms with van der Waals surface area (Å²) >= 11 is 0. The minimum atomic E-state index is -0.802. The smallest absolute Gasteiger partial charge is 0.317 e. The van der Waals surface area contributed by atoms with Gasteiger partial charge < -0.3 is 10.0 Å². The minimum Gasteiger partial charge on any atom is -0.480 e. The van der Waals surface area contributed by atoms with Crippen LogP contribution in [0.2, 0.25) is 0 Å². The zero-order valence-corrected chi connectivity index (χ0v) is 12.3. The van der Waals surface area contributed by atoms with Gasteiger partial charge >= 0.3 is 5.97 Å². The van der Waals surface area contributed by atoms with E-state index < -0.39 is 5.97 Å². The summed E-state index contributed by atoms with van der Waals surface area (Å²) in [6.45, 7) is 11.3. The first-order valence-electron chi connectivity index (χ1n) is 6.91. The molecule has 0 atom stereocenters. The van der Waals surface area contributed by atoms with Crippen molar-refractivity contribution in [3.05, 3.63) is 0 Å². The van der Waals surface area contributed by atoms with E-state index in [1.807, 2.05) is 9.80 Å². The average Bonchev–Trinajstić information content (AvgIpc) is 2.68. The second-order valence-electron chi connectivity index (χ2n) is 6.87. The standard InChI is InChI=1S/C14H24N2O3/c1-13(2)11(14(13,3)4)12(19)16-7-5-15(6-8-16)9-10(17)18/h11H,5-9H2,1-4H3,(H,17,18). The number of carbonyl (C=O) groups is 2. The van der Waals surface area contributed by atoms with Crippen LogP contribution in [0.1, 0.15) is 27.7 Å². The van der Waals surface area contributed by atoms with Gasteiger partial charge in [-0.25, -0.2) is 0 Å². The topological polar surface area (TPSA) is 60.9 Å². The van der Waals surface area contributed by atoms with Crippen molar-refractivity contribution in [3.8, 4) is 0 Å². The SMILES string of the molecule is CC1(C)C(C(=O)N2CCN(CC(=O)O)CC2)C1(C)C. The summed E-state index contributed by atoms with van der Waals surface area (Å²) in [7, 11) is 0. The molecule has 2 rings (SSSR count). The Kier molecular flexibility index (Phi) is 3.37. The maximum Gasteiger partial charge on any atom is 0.317 e. The summed E-state index contributed by atoms with van der Waals surface area (Å²) in [5, 5.41) is 8.75. The molecule has 1 saturated carbocycles. The number of carbonyl (C=O) groups excluding carboxylic acids is 1. The van der Waals surface area contributed by atoms with Crippen LogP contribution < -0.4 is 0 Å². The molecule has 1 heterocycles. The first-order chi connectivity index (χ1) is 8.68. The summed E-state index contributed by atoms with van der Waals surface area (Å²) in [5.41, 5.74) is 0.143. The Morgan fingerprint density at radius 2 is 1.53 bits per heavy atom. The highest BCUT2D eigenvalue weighted by atomic mass is 16.4. The number of carboxylic acids is 1. The van der Waals surface area contributed by atoms with Crippen molar-refractivity contribution in [1.29, 1.82) is 0 Å². The third-order valence-corrected chi connectivity index (χ3v) is 5.31. The van der Waals surface area contributed by atoms with Crippen LogP contribution in [-0.2, 0) is 9.59 Å². The Labute approximate surface area is 114 Å². The van der Waals surface area contributed by atoms with E-state index in [0.29, 0.717) is 26.2 Å². The van der Waals surface area contributed by atoms with Crippen LogP contribution in [0.25, 0.3) is 0 Å². The van der Waals surface area contributed by atoms with Crippen molar-refractivity contribution in [1.82, 2.24) is 9.80 Å². The van der Waals surface area contributed by atoms with Crippen molar-refractivity contribution >= 4 is 11.9 Å². The van der Waals surface area contributed by atoms with Crippen molar-refractivity contribution in [2.75, 3.05) is 32.7 Å². The van der Waals surface area contributed by atoms with Gasteiger partial charge in [-0.3, -0.25) is 14.5 Å². The fraction of sp³-hybridized carbons (Fsp3) is 0.857. The predicted octanol–water partition coefficient (Wildman–Crippen LogP) is 0.897. The maximum absolute atomic E-state index is 12.5. The van der Waals surface area contributed by atoms with E-state index in [2.05, 4.69) is 27.7 Å². The van der Waals surface area contributed by atoms with Crippen molar-refractivity contribution < 1.29 is 14.7 Å². The number of carboxylic acid groups (broad SMARTS) is 1. The van der Waals surface area contributed by atoms with E-state index >= 15 is 0 Å². The molecule has 0 spiro atoms. The lowest BCUT2D eigenvalue weighted by Gasteiger charge is -2.34. The Bertz CT molecular complexity index is 381. The largest absolute Gasteiger partial charge is 0.480 e. The van der Waals surface area contributed by atoms with E-state index in [-0.39, 0.29) is 29.2 Å². The van der Waals surface area contributed by atoms with Gasteiger partial charge in [0.25, 0.3) is 0 Å². The molecule has 1 saturated heterocycles. The van der Waals surface area contributed by atoms with Crippen molar-refractivity contribution in [2.24, 2.45) is 16.7 Å². The fourth-order valence-electron chi connectivity index (χ4n) is 3.31. The number of rotatable bonds is 3. The van der Waals surface area contributed by atoms with Crippen molar-refractivity contribution in [2.45, 2.75) is 27.7 Å². The highest BCUT2D eigenvalue weighted by Gasteiger charge is 2.68. The Hall–Kier alpha value is -1.10. The van der Waals surface area contributed by atoms with Gasteiger partial charge in [-0.2, -0.15) is 0 Å². The molecule has 1 aliphatic carbocycles. The van der Waals surface area contributed by atoms with Crippen LogP contribution in [0.3, 0.4) is 0 Å². The molecule has 0 radical (unpaired) electrons. The van der Waals surface area contributed by atoms with Gasteiger partial charge in [0, 0.05) is 32.1 Å². The van der Waals surface area contributed by atoms with Gasteiger partial charge in [-0.15, -0.1) is 0 Å². The van der Waals surface area contributed by atoms with Crippen LogP contribution in [0.5, 0.6) is 0 Å². The zero-order chi connectivity index (χ0) is 14.4. The molecule has 5 nitrogen and oxygen atoms in total. The van der Waals surface area contributed by atoms with E-state index in [9.17, 15) is 9.59 Å². The summed E-state index contributed by atoms with van der Waals surface area (Å²) in [4.78, 5) is 26.9. The number of nitrogens with zero attached hydrogens (tertiary/aromatic N) is 2. The molecule has 0 aromatic carbocycles. The van der Waals surface area contributed by atoms with Gasteiger partial charge in [-0.05, 0) is 10.8 Å². The first kappa shape index (κ1) is 14.3. The van der Waals surface area contributed by atoms with E-state index in [4.69, 9.17) is 5.11 Å². The molecular formula is C14H24N2O3. The van der Waals surface area contributed by atoms with Gasteiger partial charge in [0.15, 0.2) is 0 Å². The normalized spacial score (nSPS) is 26.2. The molecule has 0 aromatic heterocycles. The number of amides is 1. The molecule has 2 fully saturated rings. The summed E-state index contributed by atoms with van der Waals surface area (Å²) < 4.78 is 0. The monoisotopic (exact) mass is 268 g/mol. The molecule has 19 heavy (non-hydrogen) atoms. The molecule has 108 valence electrons. The second-order valence-corrected chi connectivity index (χ2v) is 6.87. The molecule has 1 aliphatic heterocycles. The lowest BCUT2D eigenvalue weighted by molar-refractivity contribution is -0.139. The van der Waals surface area contributed by atoms with Gasteiger partial charge in [-0.1, -0.05) is 27.7 Å². The lowest BCUT2D eigenvalue weighted by atomic mass is 10.0. The first-order valence-corrected chi connectivity index (χ1v) is 6.91.